The fourth-order valence-corrected chi connectivity index (χ4v) is 4.48. The molecule has 2 amide bonds. The molecule has 5 aromatic heterocycles. The van der Waals surface area contributed by atoms with Gasteiger partial charge < -0.3 is 27.5 Å². The fraction of sp³-hybridized carbons (Fsp3) is 0.103. The number of carbonyl (C=O) groups is 3. The lowest BCUT2D eigenvalue weighted by molar-refractivity contribution is 0.0643. The van der Waals surface area contributed by atoms with Gasteiger partial charge in [0.2, 0.25) is 23.6 Å². The lowest BCUT2D eigenvalue weighted by Gasteiger charge is -2.14. The summed E-state index contributed by atoms with van der Waals surface area (Å²) in [5, 5.41) is 9.13. The van der Waals surface area contributed by atoms with Crippen molar-refractivity contribution in [3.8, 4) is 52.1 Å². The number of ether oxygens (including phenoxy) is 1. The molecule has 15 heteroatoms. The molecular weight excluding hydrogens is 576 g/mol. The predicted octanol–water partition coefficient (Wildman–Crippen LogP) is 4.46. The van der Waals surface area contributed by atoms with E-state index in [0.29, 0.717) is 29.0 Å². The van der Waals surface area contributed by atoms with Crippen LogP contribution in [0.3, 0.4) is 0 Å². The van der Waals surface area contributed by atoms with Crippen LogP contribution in [0.5, 0.6) is 5.75 Å². The van der Waals surface area contributed by atoms with Gasteiger partial charge in [0.05, 0.1) is 23.9 Å². The molecule has 1 N–H and O–H groups in total. The smallest absolute Gasteiger partial charge is 0.357 e. The number of nitrogens with zero attached hydrogens (tertiary/aromatic N) is 6. The van der Waals surface area contributed by atoms with E-state index < -0.39 is 5.97 Å². The van der Waals surface area contributed by atoms with Crippen LogP contribution >= 0.6 is 0 Å². The topological polar surface area (TPSA) is 201 Å². The van der Waals surface area contributed by atoms with Gasteiger partial charge in [-0.1, -0.05) is 12.1 Å². The van der Waals surface area contributed by atoms with Crippen molar-refractivity contribution in [3.63, 3.8) is 0 Å². The molecule has 0 spiro atoms. The zero-order valence-electron chi connectivity index (χ0n) is 22.4. The molecule has 6 aromatic rings. The molecular formula is C29H18N6O9. The second-order valence-electron chi connectivity index (χ2n) is 9.34. The number of hydrogen-bond acceptors (Lipinski definition) is 13. The first kappa shape index (κ1) is 26.5. The minimum atomic E-state index is -1.25. The highest BCUT2D eigenvalue weighted by atomic mass is 16.5. The van der Waals surface area contributed by atoms with E-state index in [9.17, 15) is 14.4 Å². The van der Waals surface area contributed by atoms with Gasteiger partial charge in [-0.25, -0.2) is 29.7 Å². The number of carboxylic acids is 1. The van der Waals surface area contributed by atoms with E-state index in [2.05, 4.69) is 24.9 Å². The first-order chi connectivity index (χ1) is 21.4. The molecule has 0 saturated carbocycles. The first-order valence-corrected chi connectivity index (χ1v) is 13.1. The minimum Gasteiger partial charge on any atom is -0.493 e. The summed E-state index contributed by atoms with van der Waals surface area (Å²) in [6.45, 7) is 0.308. The highest BCUT2D eigenvalue weighted by molar-refractivity contribution is 6.21. The van der Waals surface area contributed by atoms with Crippen LogP contribution in [0.1, 0.15) is 37.6 Å². The van der Waals surface area contributed by atoms with E-state index in [-0.39, 0.29) is 71.3 Å². The molecule has 1 aromatic carbocycles. The molecule has 6 heterocycles. The molecule has 0 aliphatic carbocycles. The van der Waals surface area contributed by atoms with Gasteiger partial charge in [-0.2, -0.15) is 0 Å². The van der Waals surface area contributed by atoms with Gasteiger partial charge in [-0.15, -0.1) is 0 Å². The number of fused-ring (bicyclic) bond motifs is 1. The summed E-state index contributed by atoms with van der Waals surface area (Å²) in [5.41, 5.74) is 1.46. The summed E-state index contributed by atoms with van der Waals surface area (Å²) in [6.07, 6.45) is 6.84. The molecule has 0 atom stereocenters. The van der Waals surface area contributed by atoms with E-state index in [0.717, 1.165) is 6.26 Å². The van der Waals surface area contributed by atoms with Crippen molar-refractivity contribution in [1.29, 1.82) is 0 Å². The minimum absolute atomic E-state index is 0.0484. The molecule has 218 valence electrons. The lowest BCUT2D eigenvalue weighted by atomic mass is 10.1. The lowest BCUT2D eigenvalue weighted by Crippen LogP contribution is -2.31. The predicted molar refractivity (Wildman–Crippen MR) is 145 cm³/mol. The van der Waals surface area contributed by atoms with Crippen LogP contribution in [-0.2, 0) is 0 Å². The Hall–Kier alpha value is -6.38. The molecule has 0 unspecified atom stereocenters. The van der Waals surface area contributed by atoms with E-state index in [1.807, 2.05) is 0 Å². The summed E-state index contributed by atoms with van der Waals surface area (Å²) < 4.78 is 27.7. The van der Waals surface area contributed by atoms with E-state index in [1.165, 1.54) is 29.9 Å². The molecule has 0 radical (unpaired) electrons. The number of oxazole rings is 4. The van der Waals surface area contributed by atoms with Gasteiger partial charge in [0.1, 0.15) is 42.2 Å². The zero-order valence-corrected chi connectivity index (χ0v) is 22.4. The second kappa shape index (κ2) is 10.8. The average Bonchev–Trinajstić information content (AvgIpc) is 3.87. The van der Waals surface area contributed by atoms with Crippen molar-refractivity contribution in [1.82, 2.24) is 29.8 Å². The zero-order chi connectivity index (χ0) is 30.2. The van der Waals surface area contributed by atoms with Crippen LogP contribution in [0.2, 0.25) is 0 Å². The number of amides is 2. The largest absolute Gasteiger partial charge is 0.493 e. The van der Waals surface area contributed by atoms with Gasteiger partial charge in [-0.3, -0.25) is 14.5 Å². The fourth-order valence-electron chi connectivity index (χ4n) is 4.48. The molecule has 1 aliphatic heterocycles. The molecule has 0 saturated heterocycles. The number of imide groups is 1. The molecule has 44 heavy (non-hydrogen) atoms. The van der Waals surface area contributed by atoms with E-state index >= 15 is 0 Å². The number of carbonyl (C=O) groups excluding carboxylic acids is 2. The highest BCUT2D eigenvalue weighted by Crippen LogP contribution is 2.31. The van der Waals surface area contributed by atoms with Crippen LogP contribution < -0.4 is 4.74 Å². The van der Waals surface area contributed by atoms with Crippen molar-refractivity contribution in [3.05, 3.63) is 84.5 Å². The van der Waals surface area contributed by atoms with Crippen molar-refractivity contribution < 1.29 is 41.9 Å². The molecule has 15 nitrogen and oxygen atoms in total. The third-order valence-electron chi connectivity index (χ3n) is 6.51. The molecule has 1 aliphatic rings. The van der Waals surface area contributed by atoms with Crippen LogP contribution in [-0.4, -0.2) is 65.9 Å². The van der Waals surface area contributed by atoms with Crippen LogP contribution in [0.15, 0.2) is 85.3 Å². The monoisotopic (exact) mass is 594 g/mol. The van der Waals surface area contributed by atoms with E-state index in [1.54, 1.807) is 36.4 Å². The van der Waals surface area contributed by atoms with Gasteiger partial charge in [0, 0.05) is 18.7 Å². The Morgan fingerprint density at radius 2 is 1.39 bits per heavy atom. The van der Waals surface area contributed by atoms with Crippen molar-refractivity contribution in [2.75, 3.05) is 13.2 Å². The van der Waals surface area contributed by atoms with Gasteiger partial charge in [0.15, 0.2) is 17.1 Å². The van der Waals surface area contributed by atoms with Gasteiger partial charge >= 0.3 is 5.97 Å². The Kier molecular flexibility index (Phi) is 6.50. The summed E-state index contributed by atoms with van der Waals surface area (Å²) in [6, 6.07) is 9.84. The molecule has 0 fully saturated rings. The highest BCUT2D eigenvalue weighted by Gasteiger charge is 2.34. The number of benzene rings is 1. The Bertz CT molecular complexity index is 1990. The standard InChI is InChI=1S/C29H18N6O9/c36-27-16-4-1-2-5-17(16)28(37)35(27)7-3-8-40-15-10-18(24-32-20(12-42-24)23-30-6-9-41-23)31-19(11-15)25-33-21(13-43-25)26-34-22(14-44-26)29(38)39/h1-2,4-6,9-14H,3,7-8H2,(H,38,39). The molecule has 0 bridgehead atoms. The third-order valence-corrected chi connectivity index (χ3v) is 6.51. The normalized spacial score (nSPS) is 12.6. The quantitative estimate of drug-likeness (QED) is 0.172. The maximum absolute atomic E-state index is 12.7. The first-order valence-electron chi connectivity index (χ1n) is 13.1. The Labute approximate surface area is 245 Å². The van der Waals surface area contributed by atoms with Crippen LogP contribution in [0, 0.1) is 0 Å². The number of rotatable bonds is 10. The Morgan fingerprint density at radius 3 is 1.98 bits per heavy atom. The summed E-state index contributed by atoms with van der Waals surface area (Å²) >= 11 is 0. The maximum Gasteiger partial charge on any atom is 0.357 e. The molecule has 7 rings (SSSR count). The van der Waals surface area contributed by atoms with Crippen molar-refractivity contribution in [2.45, 2.75) is 6.42 Å². The Morgan fingerprint density at radius 1 is 0.773 bits per heavy atom. The number of carboxylic acid groups (broad SMARTS) is 1. The SMILES string of the molecule is O=C(O)c1coc(-c2coc(-c3cc(OCCCN4C(=O)c5ccccc5C4=O)cc(-c4nc(-c5ncco5)co4)n3)n2)n1. The maximum atomic E-state index is 12.7. The average molecular weight is 594 g/mol. The number of aromatic carboxylic acids is 1. The summed E-state index contributed by atoms with van der Waals surface area (Å²) in [7, 11) is 0. The Balaban J connectivity index is 1.13. The number of pyridine rings is 1. The van der Waals surface area contributed by atoms with Gasteiger partial charge in [0.25, 0.3) is 11.8 Å². The summed E-state index contributed by atoms with van der Waals surface area (Å²) in [5.74, 6) is -1.22. The van der Waals surface area contributed by atoms with Crippen molar-refractivity contribution in [2.24, 2.45) is 0 Å². The second-order valence-corrected chi connectivity index (χ2v) is 9.34. The van der Waals surface area contributed by atoms with Crippen molar-refractivity contribution >= 4 is 17.8 Å². The number of aromatic nitrogens is 5. The van der Waals surface area contributed by atoms with Crippen LogP contribution in [0.4, 0.5) is 0 Å². The number of hydrogen-bond donors (Lipinski definition) is 1. The van der Waals surface area contributed by atoms with Gasteiger partial charge in [-0.05, 0) is 18.6 Å². The summed E-state index contributed by atoms with van der Waals surface area (Å²) in [4.78, 5) is 59.0. The van der Waals surface area contributed by atoms with Crippen LogP contribution in [0.25, 0.3) is 46.3 Å². The third kappa shape index (κ3) is 4.87. The van der Waals surface area contributed by atoms with E-state index in [4.69, 9.17) is 27.5 Å².